The summed E-state index contributed by atoms with van der Waals surface area (Å²) in [7, 11) is 0. The van der Waals surface area contributed by atoms with Gasteiger partial charge in [-0.15, -0.1) is 0 Å². The number of benzene rings is 1. The van der Waals surface area contributed by atoms with E-state index in [4.69, 9.17) is 0 Å². The minimum absolute atomic E-state index is 0.0635. The first kappa shape index (κ1) is 17.9. The lowest BCUT2D eigenvalue weighted by molar-refractivity contribution is -0.143. The number of nitrogens with zero attached hydrogens (tertiary/aromatic N) is 3. The van der Waals surface area contributed by atoms with Crippen molar-refractivity contribution in [2.45, 2.75) is 38.4 Å². The third kappa shape index (κ3) is 3.27. The zero-order valence-corrected chi connectivity index (χ0v) is 15.6. The maximum absolute atomic E-state index is 13.2. The Bertz CT molecular complexity index is 843. The number of carbonyl (C=O) groups is 2. The number of fused-ring (bicyclic) bond motifs is 1. The number of rotatable bonds is 3. The average Bonchev–Trinajstić information content (AvgIpc) is 3.31. The van der Waals surface area contributed by atoms with Crippen LogP contribution in [0.25, 0.3) is 10.9 Å². The van der Waals surface area contributed by atoms with E-state index in [1.165, 1.54) is 4.90 Å². The van der Waals surface area contributed by atoms with Crippen molar-refractivity contribution in [1.82, 2.24) is 19.7 Å². The Morgan fingerprint density at radius 1 is 1.11 bits per heavy atom. The molecule has 27 heavy (non-hydrogen) atoms. The van der Waals surface area contributed by atoms with Gasteiger partial charge in [0.1, 0.15) is 6.17 Å². The Balaban J connectivity index is 1.58. The smallest absolute Gasteiger partial charge is 0.407 e. The van der Waals surface area contributed by atoms with Crippen LogP contribution in [0.4, 0.5) is 4.79 Å². The summed E-state index contributed by atoms with van der Waals surface area (Å²) in [6, 6.07) is 7.74. The third-order valence-electron chi connectivity index (χ3n) is 5.92. The van der Waals surface area contributed by atoms with Crippen LogP contribution in [-0.4, -0.2) is 75.2 Å². The van der Waals surface area contributed by atoms with Gasteiger partial charge in [0.15, 0.2) is 0 Å². The fourth-order valence-electron chi connectivity index (χ4n) is 4.57. The van der Waals surface area contributed by atoms with Crippen molar-refractivity contribution < 1.29 is 14.7 Å². The van der Waals surface area contributed by atoms with Gasteiger partial charge < -0.3 is 19.9 Å². The summed E-state index contributed by atoms with van der Waals surface area (Å²) in [5.41, 5.74) is 2.02. The summed E-state index contributed by atoms with van der Waals surface area (Å²) in [5, 5.41) is 10.6. The molecule has 1 aromatic carbocycles. The molecule has 144 valence electrons. The first-order valence-electron chi connectivity index (χ1n) is 9.64. The molecule has 1 aromatic heterocycles. The Morgan fingerprint density at radius 3 is 2.56 bits per heavy atom. The largest absolute Gasteiger partial charge is 0.465 e. The number of amides is 2. The normalized spacial score (nSPS) is 23.9. The number of aromatic nitrogens is 1. The van der Waals surface area contributed by atoms with Crippen molar-refractivity contribution >= 4 is 22.9 Å². The van der Waals surface area contributed by atoms with E-state index >= 15 is 0 Å². The van der Waals surface area contributed by atoms with Gasteiger partial charge >= 0.3 is 6.09 Å². The monoisotopic (exact) mass is 370 g/mol. The first-order valence-corrected chi connectivity index (χ1v) is 9.64. The highest BCUT2D eigenvalue weighted by Crippen LogP contribution is 2.26. The minimum Gasteiger partial charge on any atom is -0.465 e. The molecule has 2 aliphatic heterocycles. The number of carboxylic acid groups (broad SMARTS) is 1. The Labute approximate surface area is 158 Å². The number of hydrogen-bond donors (Lipinski definition) is 2. The molecule has 2 saturated heterocycles. The van der Waals surface area contributed by atoms with E-state index in [-0.39, 0.29) is 18.1 Å². The van der Waals surface area contributed by atoms with E-state index in [2.05, 4.69) is 9.88 Å². The van der Waals surface area contributed by atoms with E-state index < -0.39 is 6.09 Å². The second kappa shape index (κ2) is 7.23. The molecule has 4 rings (SSSR count). The van der Waals surface area contributed by atoms with Crippen molar-refractivity contribution in [3.63, 3.8) is 0 Å². The predicted octanol–water partition coefficient (Wildman–Crippen LogP) is 2.34. The number of hydrogen-bond acceptors (Lipinski definition) is 3. The minimum atomic E-state index is -0.907. The zero-order chi connectivity index (χ0) is 19.0. The van der Waals surface area contributed by atoms with Gasteiger partial charge in [-0.25, -0.2) is 4.79 Å². The average molecular weight is 370 g/mol. The number of H-pyrrole nitrogens is 1. The van der Waals surface area contributed by atoms with Gasteiger partial charge in [-0.05, 0) is 31.4 Å². The predicted molar refractivity (Wildman–Crippen MR) is 103 cm³/mol. The van der Waals surface area contributed by atoms with E-state index in [1.54, 1.807) is 0 Å². The number of para-hydroxylation sites is 1. The maximum Gasteiger partial charge on any atom is 0.407 e. The van der Waals surface area contributed by atoms with Gasteiger partial charge in [-0.1, -0.05) is 18.2 Å². The molecule has 2 N–H and O–H groups in total. The van der Waals surface area contributed by atoms with Gasteiger partial charge in [-0.2, -0.15) is 0 Å². The molecule has 2 unspecified atom stereocenters. The second-order valence-corrected chi connectivity index (χ2v) is 7.50. The van der Waals surface area contributed by atoms with E-state index in [1.807, 2.05) is 42.3 Å². The SMILES string of the molecule is CC1C(N2CCCC2)N(C(=O)Cc2c[nH]c3ccccc23)CCN1C(=O)O. The standard InChI is InChI=1S/C20H26N4O3/c1-14-19(22-8-4-5-9-22)24(11-10-23(14)20(26)27)18(25)12-15-13-21-17-7-3-2-6-16(15)17/h2-3,6-7,13-14,19,21H,4-5,8-12H2,1H3,(H,26,27). The summed E-state index contributed by atoms with van der Waals surface area (Å²) in [6.45, 7) is 4.56. The molecule has 7 heteroatoms. The number of piperazine rings is 1. The molecule has 2 fully saturated rings. The quantitative estimate of drug-likeness (QED) is 0.869. The van der Waals surface area contributed by atoms with E-state index in [0.717, 1.165) is 42.4 Å². The fraction of sp³-hybridized carbons (Fsp3) is 0.500. The zero-order valence-electron chi connectivity index (χ0n) is 15.6. The van der Waals surface area contributed by atoms with Crippen molar-refractivity contribution in [3.8, 4) is 0 Å². The fourth-order valence-corrected chi connectivity index (χ4v) is 4.57. The van der Waals surface area contributed by atoms with Crippen molar-refractivity contribution in [2.75, 3.05) is 26.2 Å². The summed E-state index contributed by atoms with van der Waals surface area (Å²) in [5.74, 6) is 0.0635. The molecule has 7 nitrogen and oxygen atoms in total. The lowest BCUT2D eigenvalue weighted by Crippen LogP contribution is -2.66. The van der Waals surface area contributed by atoms with E-state index in [0.29, 0.717) is 19.5 Å². The molecule has 2 aromatic rings. The Morgan fingerprint density at radius 2 is 1.81 bits per heavy atom. The van der Waals surface area contributed by atoms with Crippen LogP contribution in [0.2, 0.25) is 0 Å². The van der Waals surface area contributed by atoms with Crippen LogP contribution in [0.5, 0.6) is 0 Å². The topological polar surface area (TPSA) is 79.9 Å². The highest BCUT2D eigenvalue weighted by molar-refractivity contribution is 5.89. The highest BCUT2D eigenvalue weighted by Gasteiger charge is 2.42. The lowest BCUT2D eigenvalue weighted by Gasteiger charge is -2.48. The van der Waals surface area contributed by atoms with Gasteiger partial charge in [0, 0.05) is 43.3 Å². The molecular weight excluding hydrogens is 344 g/mol. The van der Waals surface area contributed by atoms with Crippen LogP contribution in [0, 0.1) is 0 Å². The Hall–Kier alpha value is -2.54. The molecular formula is C20H26N4O3. The number of aromatic amines is 1. The van der Waals surface area contributed by atoms with Crippen LogP contribution < -0.4 is 0 Å². The third-order valence-corrected chi connectivity index (χ3v) is 5.92. The van der Waals surface area contributed by atoms with Crippen LogP contribution in [-0.2, 0) is 11.2 Å². The molecule has 2 atom stereocenters. The van der Waals surface area contributed by atoms with Crippen molar-refractivity contribution in [2.24, 2.45) is 0 Å². The molecule has 0 saturated carbocycles. The van der Waals surface area contributed by atoms with Crippen LogP contribution in [0.1, 0.15) is 25.3 Å². The molecule has 0 spiro atoms. The molecule has 0 radical (unpaired) electrons. The second-order valence-electron chi connectivity index (χ2n) is 7.50. The van der Waals surface area contributed by atoms with Gasteiger partial charge in [-0.3, -0.25) is 9.69 Å². The number of nitrogens with one attached hydrogen (secondary N) is 1. The first-order chi connectivity index (χ1) is 13.1. The van der Waals surface area contributed by atoms with E-state index in [9.17, 15) is 14.7 Å². The molecule has 2 amide bonds. The van der Waals surface area contributed by atoms with Gasteiger partial charge in [0.25, 0.3) is 0 Å². The number of likely N-dealkylation sites (tertiary alicyclic amines) is 1. The summed E-state index contributed by atoms with van der Waals surface area (Å²) >= 11 is 0. The van der Waals surface area contributed by atoms with Crippen molar-refractivity contribution in [1.29, 1.82) is 0 Å². The molecule has 3 heterocycles. The van der Waals surface area contributed by atoms with Gasteiger partial charge in [0.05, 0.1) is 12.5 Å². The summed E-state index contributed by atoms with van der Waals surface area (Å²) < 4.78 is 0. The lowest BCUT2D eigenvalue weighted by atomic mass is 10.1. The van der Waals surface area contributed by atoms with Crippen LogP contribution in [0.3, 0.4) is 0 Å². The molecule has 2 aliphatic rings. The summed E-state index contributed by atoms with van der Waals surface area (Å²) in [6.07, 6.45) is 3.34. The summed E-state index contributed by atoms with van der Waals surface area (Å²) in [4.78, 5) is 33.7. The molecule has 0 aliphatic carbocycles. The highest BCUT2D eigenvalue weighted by atomic mass is 16.4. The maximum atomic E-state index is 13.2. The van der Waals surface area contributed by atoms with Crippen LogP contribution in [0.15, 0.2) is 30.5 Å². The van der Waals surface area contributed by atoms with Crippen molar-refractivity contribution in [3.05, 3.63) is 36.0 Å². The van der Waals surface area contributed by atoms with Gasteiger partial charge in [0.2, 0.25) is 5.91 Å². The number of carbonyl (C=O) groups excluding carboxylic acids is 1. The molecule has 0 bridgehead atoms. The Kier molecular flexibility index (Phi) is 4.78. The van der Waals surface area contributed by atoms with Crippen LogP contribution >= 0.6 is 0 Å².